The average molecular weight is 464 g/mol. The molecular formula is C22H21FN8O3. The maximum atomic E-state index is 13.2. The van der Waals surface area contributed by atoms with E-state index in [4.69, 9.17) is 4.74 Å². The Labute approximate surface area is 192 Å². The highest BCUT2D eigenvalue weighted by atomic mass is 19.1. The first-order chi connectivity index (χ1) is 16.5. The smallest absolute Gasteiger partial charge is 0.279 e. The Balaban J connectivity index is 1.49. The van der Waals surface area contributed by atoms with Crippen molar-refractivity contribution in [1.82, 2.24) is 29.5 Å². The minimum atomic E-state index is -1.02. The number of fused-ring (bicyclic) bond motifs is 1. The number of pyridine rings is 2. The summed E-state index contributed by atoms with van der Waals surface area (Å²) in [7, 11) is 3.23. The molecular weight excluding hydrogens is 443 g/mol. The summed E-state index contributed by atoms with van der Waals surface area (Å²) >= 11 is 0. The molecule has 3 N–H and O–H groups in total. The largest absolute Gasteiger partial charge is 0.495 e. The van der Waals surface area contributed by atoms with Crippen molar-refractivity contribution in [3.05, 3.63) is 64.8 Å². The summed E-state index contributed by atoms with van der Waals surface area (Å²) in [6.07, 6.45) is 3.78. The second kappa shape index (κ2) is 8.46. The van der Waals surface area contributed by atoms with Crippen molar-refractivity contribution in [2.45, 2.75) is 18.6 Å². The van der Waals surface area contributed by atoms with Crippen LogP contribution in [-0.2, 0) is 0 Å². The number of nitrogens with zero attached hydrogens (tertiary/aromatic N) is 5. The number of methoxy groups -OCH3 is 1. The van der Waals surface area contributed by atoms with E-state index in [-0.39, 0.29) is 22.5 Å². The Morgan fingerprint density at radius 2 is 2.09 bits per heavy atom. The molecule has 11 nitrogen and oxygen atoms in total. The van der Waals surface area contributed by atoms with Crippen LogP contribution in [0.2, 0.25) is 0 Å². The van der Waals surface area contributed by atoms with Crippen molar-refractivity contribution in [2.75, 3.05) is 24.8 Å². The SMILES string of the molecule is CNc1cc(Nc2cccn(-c3ccc(OC)cn3)c2=O)nc2c(C(=O)N[C@H]3C[C@H]3F)cnn12. The highest BCUT2D eigenvalue weighted by Crippen LogP contribution is 2.26. The maximum Gasteiger partial charge on any atom is 0.279 e. The number of rotatable bonds is 7. The molecule has 4 aromatic rings. The van der Waals surface area contributed by atoms with Gasteiger partial charge in [0.2, 0.25) is 0 Å². The molecule has 0 unspecified atom stereocenters. The molecule has 1 saturated carbocycles. The van der Waals surface area contributed by atoms with Crippen LogP contribution in [0.25, 0.3) is 11.5 Å². The molecule has 5 rings (SSSR count). The van der Waals surface area contributed by atoms with Gasteiger partial charge in [0.25, 0.3) is 11.5 Å². The standard InChI is InChI=1S/C22H21FN8O3/c1-24-19-9-17(29-20-13(11-26-31(19)20)21(32)28-16-8-14(16)23)27-15-4-3-7-30(22(15)33)18-6-5-12(34-2)10-25-18/h3-7,9-11,14,16,24H,8H2,1-2H3,(H,27,29)(H,28,32)/t14-,16+/m1/s1. The van der Waals surface area contributed by atoms with E-state index in [1.807, 2.05) is 0 Å². The fourth-order valence-corrected chi connectivity index (χ4v) is 3.47. The van der Waals surface area contributed by atoms with Gasteiger partial charge in [-0.15, -0.1) is 0 Å². The quantitative estimate of drug-likeness (QED) is 0.379. The zero-order valence-electron chi connectivity index (χ0n) is 18.3. The summed E-state index contributed by atoms with van der Waals surface area (Å²) in [5.41, 5.74) is 0.368. The van der Waals surface area contributed by atoms with Gasteiger partial charge in [0.05, 0.1) is 25.5 Å². The molecule has 174 valence electrons. The lowest BCUT2D eigenvalue weighted by Crippen LogP contribution is -2.27. The van der Waals surface area contributed by atoms with Gasteiger partial charge in [-0.1, -0.05) is 0 Å². The van der Waals surface area contributed by atoms with Gasteiger partial charge in [-0.2, -0.15) is 9.61 Å². The molecule has 0 spiro atoms. The Bertz CT molecular complexity index is 1430. The van der Waals surface area contributed by atoms with Gasteiger partial charge in [-0.25, -0.2) is 14.4 Å². The molecule has 4 aromatic heterocycles. The lowest BCUT2D eigenvalue weighted by atomic mass is 10.3. The number of hydrogen-bond donors (Lipinski definition) is 3. The predicted molar refractivity (Wildman–Crippen MR) is 123 cm³/mol. The Morgan fingerprint density at radius 3 is 2.76 bits per heavy atom. The lowest BCUT2D eigenvalue weighted by Gasteiger charge is -2.12. The van der Waals surface area contributed by atoms with E-state index in [0.717, 1.165) is 0 Å². The lowest BCUT2D eigenvalue weighted by molar-refractivity contribution is 0.0949. The number of carbonyl (C=O) groups excluding carboxylic acids is 1. The van der Waals surface area contributed by atoms with Crippen LogP contribution >= 0.6 is 0 Å². The fourth-order valence-electron chi connectivity index (χ4n) is 3.47. The van der Waals surface area contributed by atoms with Crippen molar-refractivity contribution in [2.24, 2.45) is 0 Å². The third-order valence-corrected chi connectivity index (χ3v) is 5.41. The van der Waals surface area contributed by atoms with Crippen molar-refractivity contribution in [3.8, 4) is 11.6 Å². The molecule has 1 fully saturated rings. The third kappa shape index (κ3) is 3.89. The van der Waals surface area contributed by atoms with Crippen LogP contribution in [0.3, 0.4) is 0 Å². The number of carbonyl (C=O) groups is 1. The Kier molecular flexibility index (Phi) is 5.32. The molecule has 1 amide bonds. The number of anilines is 3. The summed E-state index contributed by atoms with van der Waals surface area (Å²) in [6.45, 7) is 0. The molecule has 0 aromatic carbocycles. The third-order valence-electron chi connectivity index (χ3n) is 5.41. The normalized spacial score (nSPS) is 16.8. The topological polar surface area (TPSA) is 127 Å². The van der Waals surface area contributed by atoms with E-state index in [2.05, 4.69) is 31.0 Å². The van der Waals surface area contributed by atoms with Gasteiger partial charge in [-0.3, -0.25) is 14.2 Å². The van der Waals surface area contributed by atoms with Crippen LogP contribution in [0.15, 0.2) is 53.7 Å². The summed E-state index contributed by atoms with van der Waals surface area (Å²) in [5.74, 6) is 1.40. The van der Waals surface area contributed by atoms with Crippen LogP contribution in [0.5, 0.6) is 5.75 Å². The summed E-state index contributed by atoms with van der Waals surface area (Å²) in [6, 6.07) is 7.87. The molecule has 1 aliphatic carbocycles. The molecule has 4 heterocycles. The van der Waals surface area contributed by atoms with Crippen molar-refractivity contribution in [3.63, 3.8) is 0 Å². The number of amides is 1. The van der Waals surface area contributed by atoms with E-state index in [1.165, 1.54) is 28.6 Å². The van der Waals surface area contributed by atoms with E-state index >= 15 is 0 Å². The van der Waals surface area contributed by atoms with Crippen molar-refractivity contribution < 1.29 is 13.9 Å². The number of alkyl halides is 1. The number of halogens is 1. The summed E-state index contributed by atoms with van der Waals surface area (Å²) in [4.78, 5) is 34.4. The molecule has 1 aliphatic rings. The zero-order chi connectivity index (χ0) is 23.8. The van der Waals surface area contributed by atoms with Crippen LogP contribution in [0.4, 0.5) is 21.7 Å². The van der Waals surface area contributed by atoms with E-state index in [9.17, 15) is 14.0 Å². The highest BCUT2D eigenvalue weighted by molar-refractivity contribution is 6.00. The van der Waals surface area contributed by atoms with Gasteiger partial charge in [0.1, 0.15) is 40.6 Å². The molecule has 0 bridgehead atoms. The summed E-state index contributed by atoms with van der Waals surface area (Å²) in [5, 5.41) is 12.9. The first-order valence-electron chi connectivity index (χ1n) is 10.5. The fraction of sp³-hybridized carbons (Fsp3) is 0.227. The second-order valence-corrected chi connectivity index (χ2v) is 7.68. The van der Waals surface area contributed by atoms with E-state index in [1.54, 1.807) is 43.6 Å². The monoisotopic (exact) mass is 464 g/mol. The zero-order valence-corrected chi connectivity index (χ0v) is 18.3. The van der Waals surface area contributed by atoms with Crippen LogP contribution in [0, 0.1) is 0 Å². The van der Waals surface area contributed by atoms with Crippen molar-refractivity contribution in [1.29, 1.82) is 0 Å². The van der Waals surface area contributed by atoms with Gasteiger partial charge < -0.3 is 20.7 Å². The molecule has 2 atom stereocenters. The van der Waals surface area contributed by atoms with Crippen LogP contribution < -0.4 is 26.2 Å². The second-order valence-electron chi connectivity index (χ2n) is 7.68. The number of ether oxygens (including phenoxy) is 1. The predicted octanol–water partition coefficient (Wildman–Crippen LogP) is 1.91. The number of hydrogen-bond acceptors (Lipinski definition) is 8. The summed E-state index contributed by atoms with van der Waals surface area (Å²) < 4.78 is 21.2. The average Bonchev–Trinajstić information content (AvgIpc) is 3.36. The molecule has 0 aliphatic heterocycles. The molecule has 0 saturated heterocycles. The van der Waals surface area contributed by atoms with Crippen LogP contribution in [0.1, 0.15) is 16.8 Å². The Morgan fingerprint density at radius 1 is 1.26 bits per heavy atom. The minimum absolute atomic E-state index is 0.201. The van der Waals surface area contributed by atoms with Crippen LogP contribution in [-0.4, -0.2) is 56.4 Å². The van der Waals surface area contributed by atoms with Gasteiger partial charge in [0.15, 0.2) is 5.65 Å². The van der Waals surface area contributed by atoms with Crippen molar-refractivity contribution >= 4 is 28.9 Å². The number of aromatic nitrogens is 5. The van der Waals surface area contributed by atoms with Gasteiger partial charge in [0, 0.05) is 25.7 Å². The number of nitrogens with one attached hydrogen (secondary N) is 3. The Hall–Kier alpha value is -4.48. The molecule has 0 radical (unpaired) electrons. The van der Waals surface area contributed by atoms with E-state index in [0.29, 0.717) is 29.6 Å². The highest BCUT2D eigenvalue weighted by Gasteiger charge is 2.39. The first kappa shape index (κ1) is 21.4. The first-order valence-corrected chi connectivity index (χ1v) is 10.5. The minimum Gasteiger partial charge on any atom is -0.495 e. The molecule has 12 heteroatoms. The van der Waals surface area contributed by atoms with Gasteiger partial charge in [-0.05, 0) is 24.3 Å². The maximum absolute atomic E-state index is 13.2. The van der Waals surface area contributed by atoms with Gasteiger partial charge >= 0.3 is 0 Å². The molecule has 34 heavy (non-hydrogen) atoms. The van der Waals surface area contributed by atoms with E-state index < -0.39 is 18.1 Å².